The van der Waals surface area contributed by atoms with Crippen LogP contribution in [0.15, 0.2) is 22.5 Å². The first-order chi connectivity index (χ1) is 4.20. The highest BCUT2D eigenvalue weighted by molar-refractivity contribution is 14.1. The minimum absolute atomic E-state index is 0.416. The maximum atomic E-state index is 10.4. The van der Waals surface area contributed by atoms with Gasteiger partial charge in [-0.2, -0.15) is 0 Å². The van der Waals surface area contributed by atoms with Gasteiger partial charge in [0.25, 0.3) is 0 Å². The minimum Gasteiger partial charge on any atom is -0.428 e. The monoisotopic (exact) mass is 238 g/mol. The van der Waals surface area contributed by atoms with Gasteiger partial charge in [-0.1, -0.05) is 6.58 Å². The van der Waals surface area contributed by atoms with Gasteiger partial charge in [0.05, 0.1) is 0 Å². The van der Waals surface area contributed by atoms with Gasteiger partial charge in [-0.25, -0.2) is 4.79 Å². The van der Waals surface area contributed by atoms with Crippen molar-refractivity contribution in [2.24, 2.45) is 0 Å². The summed E-state index contributed by atoms with van der Waals surface area (Å²) < 4.78 is 6.32. The molecule has 0 aromatic heterocycles. The lowest BCUT2D eigenvalue weighted by Crippen LogP contribution is -1.96. The van der Waals surface area contributed by atoms with Gasteiger partial charge in [0.15, 0.2) is 0 Å². The number of halogens is 1. The van der Waals surface area contributed by atoms with Crippen LogP contribution in [0, 0.1) is 0 Å². The molecular formula is C6H7IO2. The second kappa shape index (κ2) is 4.55. The van der Waals surface area contributed by atoms with E-state index in [1.54, 1.807) is 11.0 Å². The molecule has 0 aliphatic rings. The fourth-order valence-corrected chi connectivity index (χ4v) is 0.350. The molecule has 2 nitrogen and oxygen atoms in total. The van der Waals surface area contributed by atoms with Crippen LogP contribution in [0.2, 0.25) is 0 Å². The third kappa shape index (κ3) is 4.20. The number of ether oxygens (including phenoxy) is 1. The SMILES string of the molecule is C=CC(=O)OC(C)=CI. The summed E-state index contributed by atoms with van der Waals surface area (Å²) in [7, 11) is 0. The molecule has 0 aliphatic heterocycles. The summed E-state index contributed by atoms with van der Waals surface area (Å²) in [4.78, 5) is 10.4. The quantitative estimate of drug-likeness (QED) is 0.318. The van der Waals surface area contributed by atoms with Crippen LogP contribution in [0.3, 0.4) is 0 Å². The van der Waals surface area contributed by atoms with Gasteiger partial charge in [0.1, 0.15) is 5.76 Å². The fraction of sp³-hybridized carbons (Fsp3) is 0.167. The van der Waals surface area contributed by atoms with Crippen molar-refractivity contribution in [1.82, 2.24) is 0 Å². The second-order valence-electron chi connectivity index (χ2n) is 1.34. The molecule has 0 saturated heterocycles. The Hall–Kier alpha value is -0.320. The zero-order valence-electron chi connectivity index (χ0n) is 5.06. The van der Waals surface area contributed by atoms with E-state index in [2.05, 4.69) is 11.3 Å². The summed E-state index contributed by atoms with van der Waals surface area (Å²) in [6, 6.07) is 0. The van der Waals surface area contributed by atoms with Gasteiger partial charge in [0, 0.05) is 10.2 Å². The molecule has 0 aliphatic carbocycles. The molecule has 0 atom stereocenters. The summed E-state index contributed by atoms with van der Waals surface area (Å²) in [5, 5.41) is 0. The van der Waals surface area contributed by atoms with E-state index in [0.29, 0.717) is 5.76 Å². The van der Waals surface area contributed by atoms with Crippen molar-refractivity contribution < 1.29 is 9.53 Å². The van der Waals surface area contributed by atoms with E-state index in [9.17, 15) is 4.79 Å². The van der Waals surface area contributed by atoms with Crippen molar-refractivity contribution in [3.05, 3.63) is 22.5 Å². The van der Waals surface area contributed by atoms with Gasteiger partial charge in [0.2, 0.25) is 0 Å². The first-order valence-corrected chi connectivity index (χ1v) is 3.56. The number of esters is 1. The van der Waals surface area contributed by atoms with E-state index in [1.807, 2.05) is 22.6 Å². The summed E-state index contributed by atoms with van der Waals surface area (Å²) in [5.74, 6) is 0.168. The van der Waals surface area contributed by atoms with Crippen molar-refractivity contribution in [3.8, 4) is 0 Å². The predicted molar refractivity (Wildman–Crippen MR) is 44.1 cm³/mol. The van der Waals surface area contributed by atoms with Crippen molar-refractivity contribution in [1.29, 1.82) is 0 Å². The van der Waals surface area contributed by atoms with Gasteiger partial charge in [-0.15, -0.1) is 0 Å². The number of carbonyl (C=O) groups is 1. The maximum absolute atomic E-state index is 10.4. The van der Waals surface area contributed by atoms with Crippen LogP contribution >= 0.6 is 22.6 Å². The van der Waals surface area contributed by atoms with Crippen LogP contribution in [0.1, 0.15) is 6.92 Å². The lowest BCUT2D eigenvalue weighted by Gasteiger charge is -1.96. The molecule has 9 heavy (non-hydrogen) atoms. The number of allylic oxidation sites excluding steroid dienone is 1. The maximum Gasteiger partial charge on any atom is 0.335 e. The van der Waals surface area contributed by atoms with E-state index in [1.165, 1.54) is 0 Å². The van der Waals surface area contributed by atoms with Crippen LogP contribution in [0.25, 0.3) is 0 Å². The molecule has 0 aromatic carbocycles. The van der Waals surface area contributed by atoms with E-state index in [0.717, 1.165) is 6.08 Å². The number of hydrogen-bond donors (Lipinski definition) is 0. The molecule has 0 aromatic rings. The third-order valence-electron chi connectivity index (χ3n) is 0.582. The molecule has 0 spiro atoms. The molecule has 0 heterocycles. The van der Waals surface area contributed by atoms with Crippen LogP contribution in [0.5, 0.6) is 0 Å². The molecule has 0 saturated carbocycles. The molecule has 0 rings (SSSR count). The minimum atomic E-state index is -0.416. The Kier molecular flexibility index (Phi) is 4.39. The van der Waals surface area contributed by atoms with Gasteiger partial charge in [-0.05, 0) is 29.5 Å². The molecule has 0 N–H and O–H groups in total. The second-order valence-corrected chi connectivity index (χ2v) is 1.97. The normalized spacial score (nSPS) is 10.7. The van der Waals surface area contributed by atoms with Crippen molar-refractivity contribution in [2.75, 3.05) is 0 Å². The predicted octanol–water partition coefficient (Wildman–Crippen LogP) is 2.01. The zero-order chi connectivity index (χ0) is 7.28. The summed E-state index contributed by atoms with van der Waals surface area (Å²) in [6.45, 7) is 4.95. The smallest absolute Gasteiger partial charge is 0.335 e. The molecular weight excluding hydrogens is 231 g/mol. The van der Waals surface area contributed by atoms with E-state index in [4.69, 9.17) is 0 Å². The topological polar surface area (TPSA) is 26.3 Å². The van der Waals surface area contributed by atoms with Crippen molar-refractivity contribution >= 4 is 28.6 Å². The third-order valence-corrected chi connectivity index (χ3v) is 1.46. The summed E-state index contributed by atoms with van der Waals surface area (Å²) in [6.07, 6.45) is 1.13. The Bertz CT molecular complexity index is 149. The Balaban J connectivity index is 3.74. The molecule has 0 radical (unpaired) electrons. The van der Waals surface area contributed by atoms with E-state index in [-0.39, 0.29) is 0 Å². The summed E-state index contributed by atoms with van der Waals surface area (Å²) in [5.41, 5.74) is 0. The first kappa shape index (κ1) is 8.68. The molecule has 0 bridgehead atoms. The lowest BCUT2D eigenvalue weighted by molar-refractivity contribution is -0.133. The van der Waals surface area contributed by atoms with Crippen LogP contribution in [0.4, 0.5) is 0 Å². The highest BCUT2D eigenvalue weighted by Crippen LogP contribution is 1.99. The lowest BCUT2D eigenvalue weighted by atomic mass is 10.6. The van der Waals surface area contributed by atoms with E-state index >= 15 is 0 Å². The van der Waals surface area contributed by atoms with Crippen LogP contribution < -0.4 is 0 Å². The average Bonchev–Trinajstić information content (AvgIpc) is 1.87. The number of hydrogen-bond acceptors (Lipinski definition) is 2. The number of carbonyl (C=O) groups excluding carboxylic acids is 1. The Morgan fingerprint density at radius 2 is 2.33 bits per heavy atom. The largest absolute Gasteiger partial charge is 0.428 e. The molecule has 0 amide bonds. The Morgan fingerprint density at radius 3 is 2.67 bits per heavy atom. The standard InChI is InChI=1S/C6H7IO2/c1-3-6(8)9-5(2)4-7/h3-4H,1H2,2H3. The number of rotatable bonds is 2. The van der Waals surface area contributed by atoms with E-state index < -0.39 is 5.97 Å². The fourth-order valence-electron chi connectivity index (χ4n) is 0.223. The molecule has 0 unspecified atom stereocenters. The van der Waals surface area contributed by atoms with Crippen LogP contribution in [-0.2, 0) is 9.53 Å². The highest BCUT2D eigenvalue weighted by Gasteiger charge is 1.93. The van der Waals surface area contributed by atoms with Gasteiger partial charge >= 0.3 is 5.97 Å². The Labute approximate surface area is 67.7 Å². The molecule has 0 fully saturated rings. The van der Waals surface area contributed by atoms with Crippen LogP contribution in [-0.4, -0.2) is 5.97 Å². The molecule has 50 valence electrons. The molecule has 3 heteroatoms. The van der Waals surface area contributed by atoms with Gasteiger partial charge < -0.3 is 4.74 Å². The van der Waals surface area contributed by atoms with Crippen molar-refractivity contribution in [3.63, 3.8) is 0 Å². The zero-order valence-corrected chi connectivity index (χ0v) is 7.21. The average molecular weight is 238 g/mol. The Morgan fingerprint density at radius 1 is 1.78 bits per heavy atom. The van der Waals surface area contributed by atoms with Gasteiger partial charge in [-0.3, -0.25) is 0 Å². The first-order valence-electron chi connectivity index (χ1n) is 2.32. The van der Waals surface area contributed by atoms with Crippen molar-refractivity contribution in [2.45, 2.75) is 6.92 Å². The summed E-state index contributed by atoms with van der Waals surface area (Å²) >= 11 is 1.99. The highest BCUT2D eigenvalue weighted by atomic mass is 127.